The number of halogens is 8. The second-order valence-corrected chi connectivity index (χ2v) is 5.04. The first-order valence-corrected chi connectivity index (χ1v) is 6.41. The molecule has 0 N–H and O–H groups in total. The van der Waals surface area contributed by atoms with Crippen LogP contribution in [0.2, 0.25) is 5.02 Å². The van der Waals surface area contributed by atoms with Crippen LogP contribution in [0.1, 0.15) is 21.7 Å². The molecule has 0 aliphatic heterocycles. The Kier molecular flexibility index (Phi) is 4.38. The first-order chi connectivity index (χ1) is 10.4. The van der Waals surface area contributed by atoms with Crippen molar-refractivity contribution in [1.29, 1.82) is 0 Å². The van der Waals surface area contributed by atoms with Crippen LogP contribution in [-0.2, 0) is 12.4 Å². The number of nitrogens with zero attached hydrogens (tertiary/aromatic N) is 2. The van der Waals surface area contributed by atoms with Crippen molar-refractivity contribution in [3.05, 3.63) is 46.2 Å². The first kappa shape index (κ1) is 17.6. The SMILES string of the molecule is O=C(Cl)c1cc(C(F)(F)F)nn1-c1ccc(Cl)cc1C(F)(F)F. The maximum atomic E-state index is 13.0. The molecule has 0 saturated heterocycles. The van der Waals surface area contributed by atoms with Crippen LogP contribution in [-0.4, -0.2) is 15.0 Å². The molecule has 1 aromatic carbocycles. The van der Waals surface area contributed by atoms with Crippen LogP contribution in [0.3, 0.4) is 0 Å². The summed E-state index contributed by atoms with van der Waals surface area (Å²) in [6, 6.07) is 2.59. The van der Waals surface area contributed by atoms with Crippen molar-refractivity contribution in [3.63, 3.8) is 0 Å². The van der Waals surface area contributed by atoms with Gasteiger partial charge in [0, 0.05) is 11.1 Å². The van der Waals surface area contributed by atoms with Crippen LogP contribution < -0.4 is 0 Å². The van der Waals surface area contributed by atoms with Gasteiger partial charge in [0.15, 0.2) is 5.69 Å². The molecule has 0 radical (unpaired) electrons. The normalized spacial score (nSPS) is 12.5. The van der Waals surface area contributed by atoms with Gasteiger partial charge in [-0.25, -0.2) is 4.68 Å². The van der Waals surface area contributed by atoms with Gasteiger partial charge in [-0.05, 0) is 29.8 Å². The van der Waals surface area contributed by atoms with Gasteiger partial charge in [0.25, 0.3) is 5.24 Å². The molecular weight excluding hydrogens is 373 g/mol. The van der Waals surface area contributed by atoms with Crippen LogP contribution in [0.25, 0.3) is 5.69 Å². The number of rotatable bonds is 2. The Morgan fingerprint density at radius 3 is 2.13 bits per heavy atom. The molecule has 0 fully saturated rings. The van der Waals surface area contributed by atoms with Crippen molar-refractivity contribution in [2.24, 2.45) is 0 Å². The maximum Gasteiger partial charge on any atom is 0.435 e. The smallest absolute Gasteiger partial charge is 0.274 e. The lowest BCUT2D eigenvalue weighted by molar-refractivity contribution is -0.141. The van der Waals surface area contributed by atoms with E-state index in [2.05, 4.69) is 5.10 Å². The van der Waals surface area contributed by atoms with Crippen LogP contribution in [0, 0.1) is 0 Å². The third-order valence-electron chi connectivity index (χ3n) is 2.69. The molecular formula is C12H4Cl2F6N2O. The lowest BCUT2D eigenvalue weighted by Crippen LogP contribution is -2.14. The van der Waals surface area contributed by atoms with E-state index in [0.29, 0.717) is 6.07 Å². The zero-order valence-corrected chi connectivity index (χ0v) is 12.1. The minimum absolute atomic E-state index is 0.192. The Bertz CT molecular complexity index is 766. The number of hydrogen-bond donors (Lipinski definition) is 0. The van der Waals surface area contributed by atoms with Gasteiger partial charge >= 0.3 is 12.4 Å². The van der Waals surface area contributed by atoms with Crippen molar-refractivity contribution in [3.8, 4) is 5.69 Å². The van der Waals surface area contributed by atoms with Gasteiger partial charge in [-0.1, -0.05) is 11.6 Å². The fraction of sp³-hybridized carbons (Fsp3) is 0.167. The highest BCUT2D eigenvalue weighted by atomic mass is 35.5. The molecule has 11 heteroatoms. The maximum absolute atomic E-state index is 13.0. The molecule has 0 saturated carbocycles. The predicted octanol–water partition coefficient (Wildman–Crippen LogP) is 4.94. The van der Waals surface area contributed by atoms with Crippen molar-refractivity contribution < 1.29 is 31.1 Å². The summed E-state index contributed by atoms with van der Waals surface area (Å²) in [5.41, 5.74) is -4.57. The monoisotopic (exact) mass is 376 g/mol. The summed E-state index contributed by atoms with van der Waals surface area (Å²) in [5.74, 6) is 0. The van der Waals surface area contributed by atoms with E-state index in [1.54, 1.807) is 0 Å². The summed E-state index contributed by atoms with van der Waals surface area (Å²) < 4.78 is 77.4. The third-order valence-corrected chi connectivity index (χ3v) is 3.12. The van der Waals surface area contributed by atoms with Crippen molar-refractivity contribution in [2.75, 3.05) is 0 Å². The largest absolute Gasteiger partial charge is 0.435 e. The van der Waals surface area contributed by atoms with Crippen molar-refractivity contribution >= 4 is 28.4 Å². The molecule has 124 valence electrons. The van der Waals surface area contributed by atoms with Crippen LogP contribution in [0.4, 0.5) is 26.3 Å². The average molecular weight is 377 g/mol. The second-order valence-electron chi connectivity index (χ2n) is 4.26. The Hall–Kier alpha value is -1.74. The highest BCUT2D eigenvalue weighted by molar-refractivity contribution is 6.67. The molecule has 1 heterocycles. The summed E-state index contributed by atoms with van der Waals surface area (Å²) in [4.78, 5) is 11.2. The summed E-state index contributed by atoms with van der Waals surface area (Å²) in [5, 5.41) is 1.34. The van der Waals surface area contributed by atoms with Crippen LogP contribution in [0.15, 0.2) is 24.3 Å². The molecule has 23 heavy (non-hydrogen) atoms. The Morgan fingerprint density at radius 2 is 1.65 bits per heavy atom. The summed E-state index contributed by atoms with van der Waals surface area (Å²) in [7, 11) is 0. The highest BCUT2D eigenvalue weighted by Gasteiger charge is 2.39. The Morgan fingerprint density at radius 1 is 1.04 bits per heavy atom. The van der Waals surface area contributed by atoms with E-state index in [-0.39, 0.29) is 15.8 Å². The van der Waals surface area contributed by atoms with E-state index in [9.17, 15) is 31.1 Å². The van der Waals surface area contributed by atoms with Gasteiger partial charge in [-0.2, -0.15) is 31.4 Å². The Balaban J connectivity index is 2.77. The molecule has 0 bridgehead atoms. The van der Waals surface area contributed by atoms with E-state index >= 15 is 0 Å². The summed E-state index contributed by atoms with van der Waals surface area (Å²) in [6.45, 7) is 0. The average Bonchev–Trinajstić information content (AvgIpc) is 2.82. The van der Waals surface area contributed by atoms with E-state index in [1.807, 2.05) is 0 Å². The number of carbonyl (C=O) groups excluding carboxylic acids is 1. The van der Waals surface area contributed by atoms with Gasteiger partial charge in [-0.15, -0.1) is 0 Å². The number of benzene rings is 1. The van der Waals surface area contributed by atoms with Gasteiger partial charge in [-0.3, -0.25) is 4.79 Å². The first-order valence-electron chi connectivity index (χ1n) is 5.65. The second kappa shape index (κ2) is 5.72. The number of alkyl halides is 6. The lowest BCUT2D eigenvalue weighted by Gasteiger charge is -2.14. The lowest BCUT2D eigenvalue weighted by atomic mass is 10.1. The predicted molar refractivity (Wildman–Crippen MR) is 68.8 cm³/mol. The number of aromatic nitrogens is 2. The van der Waals surface area contributed by atoms with E-state index < -0.39 is 40.2 Å². The van der Waals surface area contributed by atoms with E-state index in [0.717, 1.165) is 12.1 Å². The number of hydrogen-bond acceptors (Lipinski definition) is 2. The van der Waals surface area contributed by atoms with Gasteiger partial charge in [0.05, 0.1) is 11.3 Å². The van der Waals surface area contributed by atoms with Crippen molar-refractivity contribution in [2.45, 2.75) is 12.4 Å². The topological polar surface area (TPSA) is 34.9 Å². The van der Waals surface area contributed by atoms with Gasteiger partial charge in [0.1, 0.15) is 5.69 Å². The van der Waals surface area contributed by atoms with Crippen molar-refractivity contribution in [1.82, 2.24) is 9.78 Å². The quantitative estimate of drug-likeness (QED) is 0.549. The molecule has 0 aliphatic carbocycles. The molecule has 0 atom stereocenters. The zero-order chi connectivity index (χ0) is 17.6. The molecule has 3 nitrogen and oxygen atoms in total. The molecule has 0 unspecified atom stereocenters. The standard InChI is InChI=1S/C12H4Cl2F6N2O/c13-5-1-2-7(6(3-5)11(15,16)17)22-8(10(14)23)4-9(21-22)12(18,19)20/h1-4H. The number of carbonyl (C=O) groups is 1. The molecule has 2 aromatic rings. The molecule has 0 aliphatic rings. The molecule has 0 spiro atoms. The highest BCUT2D eigenvalue weighted by Crippen LogP contribution is 2.37. The van der Waals surface area contributed by atoms with Crippen LogP contribution in [0.5, 0.6) is 0 Å². The summed E-state index contributed by atoms with van der Waals surface area (Å²) in [6.07, 6.45) is -9.89. The third kappa shape index (κ3) is 3.61. The van der Waals surface area contributed by atoms with E-state index in [4.69, 9.17) is 23.2 Å². The van der Waals surface area contributed by atoms with Gasteiger partial charge in [0.2, 0.25) is 0 Å². The molecule has 2 rings (SSSR count). The molecule has 1 aromatic heterocycles. The van der Waals surface area contributed by atoms with Crippen LogP contribution >= 0.6 is 23.2 Å². The minimum Gasteiger partial charge on any atom is -0.274 e. The minimum atomic E-state index is -4.96. The fourth-order valence-corrected chi connectivity index (χ4v) is 2.07. The fourth-order valence-electron chi connectivity index (χ4n) is 1.76. The summed E-state index contributed by atoms with van der Waals surface area (Å²) >= 11 is 10.6. The zero-order valence-electron chi connectivity index (χ0n) is 10.6. The molecule has 0 amide bonds. The van der Waals surface area contributed by atoms with Gasteiger partial charge < -0.3 is 0 Å². The Labute approximate surface area is 134 Å². The van der Waals surface area contributed by atoms with E-state index in [1.165, 1.54) is 0 Å².